The van der Waals surface area contributed by atoms with E-state index in [1.807, 2.05) is 11.3 Å². The number of hydrogen-bond donors (Lipinski definition) is 0. The molecule has 1 aliphatic heterocycles. The predicted octanol–water partition coefficient (Wildman–Crippen LogP) is 2.36. The number of morpholine rings is 1. The molecule has 0 spiro atoms. The van der Waals surface area contributed by atoms with E-state index in [-0.39, 0.29) is 0 Å². The average molecular weight is 293 g/mol. The van der Waals surface area contributed by atoms with Crippen molar-refractivity contribution in [3.05, 3.63) is 22.4 Å². The molecule has 0 amide bonds. The number of nitriles is 1. The van der Waals surface area contributed by atoms with Crippen LogP contribution in [-0.2, 0) is 4.74 Å². The van der Waals surface area contributed by atoms with Crippen LogP contribution in [0, 0.1) is 11.3 Å². The zero-order valence-corrected chi connectivity index (χ0v) is 12.9. The smallest absolute Gasteiger partial charge is 0.0622 e. The van der Waals surface area contributed by atoms with Gasteiger partial charge in [-0.25, -0.2) is 0 Å². The molecule has 0 bridgehead atoms. The minimum Gasteiger partial charge on any atom is -0.379 e. The molecule has 4 nitrogen and oxygen atoms in total. The number of thiophene rings is 1. The summed E-state index contributed by atoms with van der Waals surface area (Å²) < 4.78 is 5.46. The van der Waals surface area contributed by atoms with Crippen LogP contribution in [0.5, 0.6) is 0 Å². The lowest BCUT2D eigenvalue weighted by molar-refractivity contribution is 0.0101. The third-order valence-electron chi connectivity index (χ3n) is 3.67. The van der Waals surface area contributed by atoms with Crippen LogP contribution in [0.3, 0.4) is 0 Å². The Labute approximate surface area is 125 Å². The van der Waals surface area contributed by atoms with E-state index in [9.17, 15) is 0 Å². The molecular formula is C15H23N3OS. The van der Waals surface area contributed by atoms with Gasteiger partial charge < -0.3 is 9.64 Å². The van der Waals surface area contributed by atoms with Gasteiger partial charge >= 0.3 is 0 Å². The summed E-state index contributed by atoms with van der Waals surface area (Å²) in [4.78, 5) is 6.30. The Morgan fingerprint density at radius 3 is 2.95 bits per heavy atom. The van der Waals surface area contributed by atoms with Gasteiger partial charge in [-0.3, -0.25) is 4.90 Å². The van der Waals surface area contributed by atoms with Crippen molar-refractivity contribution >= 4 is 11.3 Å². The van der Waals surface area contributed by atoms with Crippen molar-refractivity contribution in [1.82, 2.24) is 9.80 Å². The number of unbranched alkanes of at least 4 members (excludes halogenated alkanes) is 1. The lowest BCUT2D eigenvalue weighted by Crippen LogP contribution is -2.43. The zero-order valence-electron chi connectivity index (χ0n) is 12.1. The summed E-state index contributed by atoms with van der Waals surface area (Å²) in [6, 6.07) is 7.02. The Kier molecular flexibility index (Phi) is 6.48. The highest BCUT2D eigenvalue weighted by Gasteiger charge is 2.24. The lowest BCUT2D eigenvalue weighted by Gasteiger charge is -2.36. The molecule has 110 valence electrons. The standard InChI is InChI=1S/C15H23N3OS/c1-17(7-3-2-6-16)13-14(15-5-4-12-20-15)18-8-10-19-11-9-18/h4-5,12,14H,2-3,7-11,13H2,1H3. The fourth-order valence-corrected chi connectivity index (χ4v) is 3.42. The Morgan fingerprint density at radius 1 is 1.50 bits per heavy atom. The molecule has 0 aromatic carbocycles. The fourth-order valence-electron chi connectivity index (χ4n) is 2.57. The van der Waals surface area contributed by atoms with Crippen molar-refractivity contribution in [3.8, 4) is 6.07 Å². The van der Waals surface area contributed by atoms with Crippen LogP contribution in [-0.4, -0.2) is 56.2 Å². The summed E-state index contributed by atoms with van der Waals surface area (Å²) in [7, 11) is 2.15. The SMILES string of the molecule is CN(CCCC#N)CC(c1cccs1)N1CCOCC1. The fraction of sp³-hybridized carbons (Fsp3) is 0.667. The molecule has 1 saturated heterocycles. The van der Waals surface area contributed by atoms with Crippen molar-refractivity contribution in [3.63, 3.8) is 0 Å². The van der Waals surface area contributed by atoms with Crippen molar-refractivity contribution in [2.45, 2.75) is 18.9 Å². The van der Waals surface area contributed by atoms with E-state index < -0.39 is 0 Å². The Bertz CT molecular complexity index is 409. The average Bonchev–Trinajstić information content (AvgIpc) is 3.00. The summed E-state index contributed by atoms with van der Waals surface area (Å²) in [6.07, 6.45) is 1.60. The number of rotatable bonds is 7. The first-order valence-corrected chi connectivity index (χ1v) is 8.10. The van der Waals surface area contributed by atoms with Gasteiger partial charge in [0.15, 0.2) is 0 Å². The monoisotopic (exact) mass is 293 g/mol. The quantitative estimate of drug-likeness (QED) is 0.724. The van der Waals surface area contributed by atoms with Gasteiger partial charge in [0.2, 0.25) is 0 Å². The second kappa shape index (κ2) is 8.38. The number of hydrogen-bond acceptors (Lipinski definition) is 5. The summed E-state index contributed by atoms with van der Waals surface area (Å²) in [5, 5.41) is 10.8. The summed E-state index contributed by atoms with van der Waals surface area (Å²) in [5.41, 5.74) is 0. The van der Waals surface area contributed by atoms with Crippen molar-refractivity contribution in [2.75, 3.05) is 46.4 Å². The van der Waals surface area contributed by atoms with Gasteiger partial charge in [-0.05, 0) is 31.5 Å². The molecule has 0 aliphatic carbocycles. The van der Waals surface area contributed by atoms with Gasteiger partial charge in [0, 0.05) is 30.9 Å². The van der Waals surface area contributed by atoms with E-state index in [0.29, 0.717) is 12.5 Å². The molecule has 1 fully saturated rings. The van der Waals surface area contributed by atoms with Crippen molar-refractivity contribution in [1.29, 1.82) is 5.26 Å². The van der Waals surface area contributed by atoms with Gasteiger partial charge in [0.25, 0.3) is 0 Å². The van der Waals surface area contributed by atoms with E-state index in [1.165, 1.54) is 4.88 Å². The molecule has 20 heavy (non-hydrogen) atoms. The number of likely N-dealkylation sites (N-methyl/N-ethyl adjacent to an activating group) is 1. The van der Waals surface area contributed by atoms with Gasteiger partial charge in [0.05, 0.1) is 25.3 Å². The van der Waals surface area contributed by atoms with Crippen LogP contribution in [0.2, 0.25) is 0 Å². The summed E-state index contributed by atoms with van der Waals surface area (Å²) >= 11 is 1.83. The highest BCUT2D eigenvalue weighted by Crippen LogP contribution is 2.26. The maximum absolute atomic E-state index is 8.63. The minimum atomic E-state index is 0.450. The normalized spacial score (nSPS) is 18.1. The third kappa shape index (κ3) is 4.57. The van der Waals surface area contributed by atoms with Gasteiger partial charge in [-0.1, -0.05) is 6.07 Å². The zero-order chi connectivity index (χ0) is 14.2. The second-order valence-corrected chi connectivity index (χ2v) is 6.18. The van der Waals surface area contributed by atoms with Gasteiger partial charge in [-0.15, -0.1) is 11.3 Å². The van der Waals surface area contributed by atoms with Gasteiger partial charge in [0.1, 0.15) is 0 Å². The van der Waals surface area contributed by atoms with E-state index in [2.05, 4.69) is 40.4 Å². The van der Waals surface area contributed by atoms with Gasteiger partial charge in [-0.2, -0.15) is 5.26 Å². The maximum atomic E-state index is 8.63. The number of nitrogens with zero attached hydrogens (tertiary/aromatic N) is 3. The number of ether oxygens (including phenoxy) is 1. The summed E-state index contributed by atoms with van der Waals surface area (Å²) in [5.74, 6) is 0. The van der Waals surface area contributed by atoms with Crippen LogP contribution < -0.4 is 0 Å². The molecule has 0 radical (unpaired) electrons. The van der Waals surface area contributed by atoms with E-state index >= 15 is 0 Å². The first-order chi connectivity index (χ1) is 9.81. The van der Waals surface area contributed by atoms with Crippen LogP contribution >= 0.6 is 11.3 Å². The van der Waals surface area contributed by atoms with Crippen LogP contribution in [0.4, 0.5) is 0 Å². The molecule has 1 atom stereocenters. The van der Waals surface area contributed by atoms with E-state index in [1.54, 1.807) is 0 Å². The molecule has 2 rings (SSSR count). The van der Waals surface area contributed by atoms with Crippen LogP contribution in [0.1, 0.15) is 23.8 Å². The highest BCUT2D eigenvalue weighted by molar-refractivity contribution is 7.10. The van der Waals surface area contributed by atoms with E-state index in [0.717, 1.165) is 45.8 Å². The second-order valence-electron chi connectivity index (χ2n) is 5.20. The van der Waals surface area contributed by atoms with Crippen molar-refractivity contribution < 1.29 is 4.74 Å². The molecule has 2 heterocycles. The Morgan fingerprint density at radius 2 is 2.30 bits per heavy atom. The molecule has 1 aromatic rings. The van der Waals surface area contributed by atoms with Crippen molar-refractivity contribution in [2.24, 2.45) is 0 Å². The molecule has 1 aromatic heterocycles. The van der Waals surface area contributed by atoms with E-state index in [4.69, 9.17) is 10.00 Å². The predicted molar refractivity (Wildman–Crippen MR) is 81.8 cm³/mol. The highest BCUT2D eigenvalue weighted by atomic mass is 32.1. The first-order valence-electron chi connectivity index (χ1n) is 7.22. The van der Waals surface area contributed by atoms with Crippen LogP contribution in [0.25, 0.3) is 0 Å². The third-order valence-corrected chi connectivity index (χ3v) is 4.64. The molecule has 1 unspecified atom stereocenters. The lowest BCUT2D eigenvalue weighted by atomic mass is 10.1. The summed E-state index contributed by atoms with van der Waals surface area (Å²) in [6.45, 7) is 5.69. The van der Waals surface area contributed by atoms with Crippen LogP contribution in [0.15, 0.2) is 17.5 Å². The molecule has 5 heteroatoms. The first kappa shape index (κ1) is 15.5. The maximum Gasteiger partial charge on any atom is 0.0622 e. The molecular weight excluding hydrogens is 270 g/mol. The topological polar surface area (TPSA) is 39.5 Å². The largest absolute Gasteiger partial charge is 0.379 e. The minimum absolute atomic E-state index is 0.450. The molecule has 0 saturated carbocycles. The Balaban J connectivity index is 1.94. The molecule has 1 aliphatic rings. The molecule has 0 N–H and O–H groups in total. The Hall–Kier alpha value is -0.930.